The van der Waals surface area contributed by atoms with Crippen molar-refractivity contribution in [3.8, 4) is 0 Å². The third-order valence-corrected chi connectivity index (χ3v) is 4.91. The Labute approximate surface area is 166 Å². The van der Waals surface area contributed by atoms with Gasteiger partial charge in [0, 0.05) is 0 Å². The van der Waals surface area contributed by atoms with E-state index in [2.05, 4.69) is 5.16 Å². The average molecular weight is 390 g/mol. The van der Waals surface area contributed by atoms with E-state index in [1.165, 1.54) is 4.90 Å². The molecule has 4 rings (SSSR count). The molecule has 2 aromatic carbocycles. The third kappa shape index (κ3) is 3.42. The van der Waals surface area contributed by atoms with Gasteiger partial charge in [0.05, 0.1) is 34.5 Å². The number of esters is 1. The van der Waals surface area contributed by atoms with Crippen LogP contribution >= 0.6 is 0 Å². The van der Waals surface area contributed by atoms with Gasteiger partial charge in [-0.05, 0) is 43.7 Å². The zero-order valence-electron chi connectivity index (χ0n) is 16.0. The van der Waals surface area contributed by atoms with Gasteiger partial charge >= 0.3 is 5.97 Å². The zero-order valence-corrected chi connectivity index (χ0v) is 16.0. The molecule has 0 saturated carbocycles. The molecule has 0 radical (unpaired) electrons. The van der Waals surface area contributed by atoms with E-state index in [9.17, 15) is 14.4 Å². The number of hydrogen-bond donors (Lipinski definition) is 0. The van der Waals surface area contributed by atoms with Crippen LogP contribution in [0.3, 0.4) is 0 Å². The minimum Gasteiger partial charge on any atom is -0.457 e. The summed E-state index contributed by atoms with van der Waals surface area (Å²) in [4.78, 5) is 38.7. The summed E-state index contributed by atoms with van der Waals surface area (Å²) in [5.41, 5.74) is 3.20. The summed E-state index contributed by atoms with van der Waals surface area (Å²) in [5.74, 6) is -0.571. The lowest BCUT2D eigenvalue weighted by Gasteiger charge is -2.14. The fourth-order valence-electron chi connectivity index (χ4n) is 3.29. The van der Waals surface area contributed by atoms with Crippen molar-refractivity contribution in [1.29, 1.82) is 0 Å². The number of carbonyl (C=O) groups excluding carboxylic acids is 3. The van der Waals surface area contributed by atoms with E-state index in [1.54, 1.807) is 62.4 Å². The molecule has 1 aliphatic rings. The first kappa shape index (κ1) is 18.6. The van der Waals surface area contributed by atoms with E-state index in [-0.39, 0.29) is 25.0 Å². The van der Waals surface area contributed by atoms with Crippen LogP contribution in [0.5, 0.6) is 0 Å². The van der Waals surface area contributed by atoms with Gasteiger partial charge in [0.2, 0.25) is 0 Å². The van der Waals surface area contributed by atoms with E-state index in [1.807, 2.05) is 0 Å². The topological polar surface area (TPSA) is 89.7 Å². The highest BCUT2D eigenvalue weighted by Crippen LogP contribution is 2.24. The molecule has 0 aliphatic carbocycles. The Morgan fingerprint density at radius 2 is 1.72 bits per heavy atom. The Morgan fingerprint density at radius 1 is 1.03 bits per heavy atom. The molecule has 146 valence electrons. The van der Waals surface area contributed by atoms with E-state index < -0.39 is 5.97 Å². The van der Waals surface area contributed by atoms with Crippen molar-refractivity contribution in [1.82, 2.24) is 10.1 Å². The van der Waals surface area contributed by atoms with Crippen LogP contribution in [0.2, 0.25) is 0 Å². The number of fused-ring (bicyclic) bond motifs is 1. The Balaban J connectivity index is 1.47. The molecular formula is C22H18N2O5. The van der Waals surface area contributed by atoms with E-state index in [0.29, 0.717) is 33.7 Å². The summed E-state index contributed by atoms with van der Waals surface area (Å²) in [5, 5.41) is 3.83. The molecule has 7 heteroatoms. The lowest BCUT2D eigenvalue weighted by Crippen LogP contribution is -2.29. The standard InChI is InChI=1S/C22H18N2O5/c1-13-19(14(2)29-23-13)12-28-22(27)16-7-5-6-15(10-16)11-24-20(25)17-8-3-4-9-18(17)21(24)26/h3-10H,11-12H2,1-2H3. The first-order valence-electron chi connectivity index (χ1n) is 9.08. The number of aryl methyl sites for hydroxylation is 2. The number of imide groups is 1. The van der Waals surface area contributed by atoms with E-state index >= 15 is 0 Å². The van der Waals surface area contributed by atoms with Gasteiger partial charge in [-0.15, -0.1) is 0 Å². The number of hydrogen-bond acceptors (Lipinski definition) is 6. The van der Waals surface area contributed by atoms with Gasteiger partial charge in [0.25, 0.3) is 11.8 Å². The lowest BCUT2D eigenvalue weighted by atomic mass is 10.1. The molecule has 29 heavy (non-hydrogen) atoms. The van der Waals surface area contributed by atoms with Crippen molar-refractivity contribution in [3.05, 3.63) is 87.8 Å². The number of amides is 2. The van der Waals surface area contributed by atoms with Crippen LogP contribution in [0, 0.1) is 13.8 Å². The molecular weight excluding hydrogens is 372 g/mol. The smallest absolute Gasteiger partial charge is 0.338 e. The molecule has 3 aromatic rings. The van der Waals surface area contributed by atoms with Crippen LogP contribution in [0.4, 0.5) is 0 Å². The van der Waals surface area contributed by atoms with Crippen molar-refractivity contribution in [2.24, 2.45) is 0 Å². The van der Waals surface area contributed by atoms with Crippen LogP contribution in [-0.2, 0) is 17.9 Å². The fraction of sp³-hybridized carbons (Fsp3) is 0.182. The van der Waals surface area contributed by atoms with Crippen molar-refractivity contribution < 1.29 is 23.6 Å². The third-order valence-electron chi connectivity index (χ3n) is 4.91. The van der Waals surface area contributed by atoms with E-state index in [0.717, 1.165) is 5.56 Å². The van der Waals surface area contributed by atoms with Gasteiger partial charge in [-0.2, -0.15) is 0 Å². The molecule has 0 atom stereocenters. The van der Waals surface area contributed by atoms with Crippen LogP contribution in [0.15, 0.2) is 53.1 Å². The molecule has 1 aliphatic heterocycles. The van der Waals surface area contributed by atoms with Gasteiger partial charge < -0.3 is 9.26 Å². The SMILES string of the molecule is Cc1noc(C)c1COC(=O)c1cccc(CN2C(=O)c3ccccc3C2=O)c1. The number of carbonyl (C=O) groups is 3. The van der Waals surface area contributed by atoms with Crippen molar-refractivity contribution >= 4 is 17.8 Å². The summed E-state index contributed by atoms with van der Waals surface area (Å²) in [6.07, 6.45) is 0. The zero-order chi connectivity index (χ0) is 20.5. The molecule has 2 heterocycles. The molecule has 1 aromatic heterocycles. The van der Waals surface area contributed by atoms with Crippen molar-refractivity contribution in [2.45, 2.75) is 27.0 Å². The number of aromatic nitrogens is 1. The molecule has 0 spiro atoms. The molecule has 0 saturated heterocycles. The van der Waals surface area contributed by atoms with Gasteiger partial charge in [-0.1, -0.05) is 29.4 Å². The first-order valence-corrected chi connectivity index (χ1v) is 9.08. The summed E-state index contributed by atoms with van der Waals surface area (Å²) in [7, 11) is 0. The summed E-state index contributed by atoms with van der Waals surface area (Å²) >= 11 is 0. The predicted octanol–water partition coefficient (Wildman–Crippen LogP) is 3.44. The normalized spacial score (nSPS) is 13.0. The van der Waals surface area contributed by atoms with E-state index in [4.69, 9.17) is 9.26 Å². The minimum absolute atomic E-state index is 0.0582. The van der Waals surface area contributed by atoms with Crippen LogP contribution in [0.1, 0.15) is 53.7 Å². The molecule has 0 N–H and O–H groups in total. The number of ether oxygens (including phenoxy) is 1. The summed E-state index contributed by atoms with van der Waals surface area (Å²) < 4.78 is 10.4. The Bertz CT molecular complexity index is 1080. The summed E-state index contributed by atoms with van der Waals surface area (Å²) in [6.45, 7) is 3.67. The van der Waals surface area contributed by atoms with Gasteiger partial charge in [-0.25, -0.2) is 4.79 Å². The van der Waals surface area contributed by atoms with Gasteiger partial charge in [0.1, 0.15) is 12.4 Å². The van der Waals surface area contributed by atoms with Crippen molar-refractivity contribution in [2.75, 3.05) is 0 Å². The minimum atomic E-state index is -0.505. The molecule has 0 unspecified atom stereocenters. The van der Waals surface area contributed by atoms with Crippen LogP contribution in [-0.4, -0.2) is 27.8 Å². The summed E-state index contributed by atoms with van der Waals surface area (Å²) in [6, 6.07) is 13.4. The molecule has 0 fully saturated rings. The van der Waals surface area contributed by atoms with Gasteiger partial charge in [-0.3, -0.25) is 14.5 Å². The highest BCUT2D eigenvalue weighted by Gasteiger charge is 2.35. The fourth-order valence-corrected chi connectivity index (χ4v) is 3.29. The molecule has 2 amide bonds. The maximum Gasteiger partial charge on any atom is 0.338 e. The quantitative estimate of drug-likeness (QED) is 0.490. The first-order chi connectivity index (χ1) is 14.0. The number of rotatable bonds is 5. The second kappa shape index (κ2) is 7.35. The predicted molar refractivity (Wildman–Crippen MR) is 102 cm³/mol. The second-order valence-electron chi connectivity index (χ2n) is 6.82. The maximum absolute atomic E-state index is 12.5. The largest absolute Gasteiger partial charge is 0.457 e. The molecule has 0 bridgehead atoms. The highest BCUT2D eigenvalue weighted by molar-refractivity contribution is 6.21. The van der Waals surface area contributed by atoms with Crippen molar-refractivity contribution in [3.63, 3.8) is 0 Å². The van der Waals surface area contributed by atoms with Gasteiger partial charge in [0.15, 0.2) is 0 Å². The molecule has 7 nitrogen and oxygen atoms in total. The lowest BCUT2D eigenvalue weighted by molar-refractivity contribution is 0.0470. The Morgan fingerprint density at radius 3 is 2.34 bits per heavy atom. The second-order valence-corrected chi connectivity index (χ2v) is 6.82. The highest BCUT2D eigenvalue weighted by atomic mass is 16.5. The Hall–Kier alpha value is -3.74. The van der Waals surface area contributed by atoms with Crippen LogP contribution in [0.25, 0.3) is 0 Å². The average Bonchev–Trinajstić information content (AvgIpc) is 3.18. The monoisotopic (exact) mass is 390 g/mol. The number of benzene rings is 2. The Kier molecular flexibility index (Phi) is 4.72. The number of nitrogens with zero attached hydrogens (tertiary/aromatic N) is 2. The van der Waals surface area contributed by atoms with Crippen LogP contribution < -0.4 is 0 Å². The maximum atomic E-state index is 12.5.